The molecular formula is C16H13N3O3. The van der Waals surface area contributed by atoms with Gasteiger partial charge in [0.25, 0.3) is 0 Å². The Labute approximate surface area is 126 Å². The van der Waals surface area contributed by atoms with Gasteiger partial charge in [-0.3, -0.25) is 4.79 Å². The van der Waals surface area contributed by atoms with Crippen molar-refractivity contribution >= 4 is 5.78 Å². The number of benzene rings is 2. The maximum absolute atomic E-state index is 12.4. The highest BCUT2D eigenvalue weighted by molar-refractivity contribution is 6.07. The largest absolute Gasteiger partial charge is 0.508 e. The zero-order chi connectivity index (χ0) is 15.5. The van der Waals surface area contributed by atoms with E-state index in [9.17, 15) is 9.90 Å². The first-order chi connectivity index (χ1) is 10.7. The lowest BCUT2D eigenvalue weighted by Crippen LogP contribution is -2.02. The van der Waals surface area contributed by atoms with Crippen molar-refractivity contribution in [3.63, 3.8) is 0 Å². The number of hydrogen-bond donors (Lipinski definition) is 1. The molecule has 0 aliphatic heterocycles. The quantitative estimate of drug-likeness (QED) is 0.747. The van der Waals surface area contributed by atoms with Crippen molar-refractivity contribution in [1.82, 2.24) is 15.0 Å². The molecule has 3 aromatic rings. The van der Waals surface area contributed by atoms with Gasteiger partial charge >= 0.3 is 0 Å². The molecule has 0 atom stereocenters. The lowest BCUT2D eigenvalue weighted by Gasteiger charge is -2.01. The first-order valence-electron chi connectivity index (χ1n) is 6.58. The maximum atomic E-state index is 12.4. The third-order valence-electron chi connectivity index (χ3n) is 3.17. The summed E-state index contributed by atoms with van der Waals surface area (Å²) >= 11 is 0. The summed E-state index contributed by atoms with van der Waals surface area (Å²) in [5, 5.41) is 17.1. The van der Waals surface area contributed by atoms with E-state index in [2.05, 4.69) is 10.3 Å². The van der Waals surface area contributed by atoms with Crippen molar-refractivity contribution in [3.05, 3.63) is 66.0 Å². The fourth-order valence-electron chi connectivity index (χ4n) is 2.01. The van der Waals surface area contributed by atoms with Gasteiger partial charge in [0.1, 0.15) is 11.5 Å². The highest BCUT2D eigenvalue weighted by Gasteiger charge is 2.14. The predicted molar refractivity (Wildman–Crippen MR) is 79.5 cm³/mol. The van der Waals surface area contributed by atoms with E-state index in [1.54, 1.807) is 61.8 Å². The second kappa shape index (κ2) is 5.69. The van der Waals surface area contributed by atoms with E-state index in [1.807, 2.05) is 0 Å². The Balaban J connectivity index is 1.89. The number of phenolic OH excluding ortho intramolecular Hbond substituents is 1. The van der Waals surface area contributed by atoms with Gasteiger partial charge < -0.3 is 9.84 Å². The molecule has 0 aliphatic rings. The molecule has 3 rings (SSSR count). The Bertz CT molecular complexity index is 810. The molecule has 0 fully saturated rings. The van der Waals surface area contributed by atoms with Crippen LogP contribution in [0.3, 0.4) is 0 Å². The zero-order valence-electron chi connectivity index (χ0n) is 11.8. The number of ketones is 1. The van der Waals surface area contributed by atoms with Crippen LogP contribution < -0.4 is 4.74 Å². The van der Waals surface area contributed by atoms with Crippen LogP contribution in [0.1, 0.15) is 16.1 Å². The number of aromatic hydroxyl groups is 1. The molecule has 0 saturated heterocycles. The molecule has 6 nitrogen and oxygen atoms in total. The molecule has 0 aliphatic carbocycles. The molecular weight excluding hydrogens is 282 g/mol. The Morgan fingerprint density at radius 2 is 1.95 bits per heavy atom. The highest BCUT2D eigenvalue weighted by Crippen LogP contribution is 2.17. The number of nitrogens with zero attached hydrogens (tertiary/aromatic N) is 3. The van der Waals surface area contributed by atoms with Crippen LogP contribution in [0.5, 0.6) is 11.5 Å². The first-order valence-corrected chi connectivity index (χ1v) is 6.58. The van der Waals surface area contributed by atoms with E-state index < -0.39 is 0 Å². The fraction of sp³-hybridized carbons (Fsp3) is 0.0625. The second-order valence-electron chi connectivity index (χ2n) is 4.63. The van der Waals surface area contributed by atoms with Crippen molar-refractivity contribution in [1.29, 1.82) is 0 Å². The van der Waals surface area contributed by atoms with Gasteiger partial charge in [0.2, 0.25) is 5.78 Å². The van der Waals surface area contributed by atoms with Crippen LogP contribution in [0.15, 0.2) is 54.7 Å². The average Bonchev–Trinajstić information content (AvgIpc) is 3.05. The van der Waals surface area contributed by atoms with E-state index >= 15 is 0 Å². The van der Waals surface area contributed by atoms with Gasteiger partial charge in [0, 0.05) is 5.56 Å². The molecule has 1 N–H and O–H groups in total. The third kappa shape index (κ3) is 2.67. The Kier molecular flexibility index (Phi) is 3.57. The van der Waals surface area contributed by atoms with Gasteiger partial charge in [0.05, 0.1) is 19.0 Å². The molecule has 0 unspecified atom stereocenters. The van der Waals surface area contributed by atoms with E-state index in [1.165, 1.54) is 4.68 Å². The summed E-state index contributed by atoms with van der Waals surface area (Å²) in [6.07, 6.45) is 1.55. The van der Waals surface area contributed by atoms with Gasteiger partial charge in [-0.05, 0) is 36.4 Å². The SMILES string of the molecule is COc1cccc(C(=O)c2cn(-c3ccc(O)cc3)nn2)c1. The van der Waals surface area contributed by atoms with Crippen LogP contribution in [-0.4, -0.2) is 33.0 Å². The Morgan fingerprint density at radius 3 is 2.68 bits per heavy atom. The third-order valence-corrected chi connectivity index (χ3v) is 3.17. The van der Waals surface area contributed by atoms with Crippen LogP contribution in [0.25, 0.3) is 5.69 Å². The molecule has 0 spiro atoms. The average molecular weight is 295 g/mol. The summed E-state index contributed by atoms with van der Waals surface area (Å²) < 4.78 is 6.59. The van der Waals surface area contributed by atoms with Gasteiger partial charge in [0.15, 0.2) is 5.69 Å². The molecule has 0 saturated carbocycles. The van der Waals surface area contributed by atoms with Crippen molar-refractivity contribution in [2.75, 3.05) is 7.11 Å². The van der Waals surface area contributed by atoms with Gasteiger partial charge in [-0.1, -0.05) is 17.3 Å². The molecule has 1 heterocycles. The number of aromatic nitrogens is 3. The van der Waals surface area contributed by atoms with Crippen LogP contribution in [0.4, 0.5) is 0 Å². The van der Waals surface area contributed by atoms with Gasteiger partial charge in [-0.15, -0.1) is 5.10 Å². The van der Waals surface area contributed by atoms with E-state index in [4.69, 9.17) is 4.74 Å². The monoisotopic (exact) mass is 295 g/mol. The molecule has 0 radical (unpaired) electrons. The molecule has 6 heteroatoms. The zero-order valence-corrected chi connectivity index (χ0v) is 11.8. The summed E-state index contributed by atoms with van der Waals surface area (Å²) in [7, 11) is 1.55. The summed E-state index contributed by atoms with van der Waals surface area (Å²) in [5.41, 5.74) is 1.42. The minimum atomic E-state index is -0.232. The predicted octanol–water partition coefficient (Wildman–Crippen LogP) is 2.21. The lowest BCUT2D eigenvalue weighted by molar-refractivity contribution is 0.103. The minimum absolute atomic E-state index is 0.163. The summed E-state index contributed by atoms with van der Waals surface area (Å²) in [5.74, 6) is 0.539. The van der Waals surface area contributed by atoms with Gasteiger partial charge in [-0.25, -0.2) is 4.68 Å². The van der Waals surface area contributed by atoms with E-state index in [-0.39, 0.29) is 17.2 Å². The topological polar surface area (TPSA) is 77.2 Å². The Morgan fingerprint density at radius 1 is 1.18 bits per heavy atom. The number of phenols is 1. The number of carbonyl (C=O) groups is 1. The number of carbonyl (C=O) groups excluding carboxylic acids is 1. The number of ether oxygens (including phenoxy) is 1. The van der Waals surface area contributed by atoms with Crippen molar-refractivity contribution in [3.8, 4) is 17.2 Å². The molecule has 0 bridgehead atoms. The highest BCUT2D eigenvalue weighted by atomic mass is 16.5. The molecule has 110 valence electrons. The number of methoxy groups -OCH3 is 1. The number of hydrogen-bond acceptors (Lipinski definition) is 5. The van der Waals surface area contributed by atoms with Crippen molar-refractivity contribution < 1.29 is 14.6 Å². The normalized spacial score (nSPS) is 10.4. The molecule has 22 heavy (non-hydrogen) atoms. The van der Waals surface area contributed by atoms with E-state index in [0.29, 0.717) is 17.0 Å². The smallest absolute Gasteiger partial charge is 0.215 e. The minimum Gasteiger partial charge on any atom is -0.508 e. The fourth-order valence-corrected chi connectivity index (χ4v) is 2.01. The van der Waals surface area contributed by atoms with Crippen LogP contribution in [0, 0.1) is 0 Å². The van der Waals surface area contributed by atoms with Crippen LogP contribution in [0.2, 0.25) is 0 Å². The van der Waals surface area contributed by atoms with Crippen LogP contribution >= 0.6 is 0 Å². The summed E-state index contributed by atoms with van der Waals surface area (Å²) in [6.45, 7) is 0. The summed E-state index contributed by atoms with van der Waals surface area (Å²) in [6, 6.07) is 13.3. The maximum Gasteiger partial charge on any atom is 0.215 e. The summed E-state index contributed by atoms with van der Waals surface area (Å²) in [4.78, 5) is 12.4. The lowest BCUT2D eigenvalue weighted by atomic mass is 10.1. The van der Waals surface area contributed by atoms with Crippen LogP contribution in [-0.2, 0) is 0 Å². The molecule has 2 aromatic carbocycles. The first kappa shape index (κ1) is 13.8. The van der Waals surface area contributed by atoms with Gasteiger partial charge in [-0.2, -0.15) is 0 Å². The molecule has 0 amide bonds. The van der Waals surface area contributed by atoms with E-state index in [0.717, 1.165) is 0 Å². The standard InChI is InChI=1S/C16H13N3O3/c1-22-14-4-2-3-11(9-14)16(21)15-10-19(18-17-15)12-5-7-13(20)8-6-12/h2-10,20H,1H3. The Hall–Kier alpha value is -3.15. The molecule has 1 aromatic heterocycles. The van der Waals surface area contributed by atoms with Crippen molar-refractivity contribution in [2.24, 2.45) is 0 Å². The number of rotatable bonds is 4. The second-order valence-corrected chi connectivity index (χ2v) is 4.63. The van der Waals surface area contributed by atoms with Crippen molar-refractivity contribution in [2.45, 2.75) is 0 Å².